The van der Waals surface area contributed by atoms with Crippen molar-refractivity contribution in [3.63, 3.8) is 0 Å². The Balaban J connectivity index is 3.94. The molecular formula is C4H12N2O3S. The monoisotopic (exact) mass is 168 g/mol. The first-order valence-corrected chi connectivity index (χ1v) is 3.89. The molecule has 3 unspecified atom stereocenters. The van der Waals surface area contributed by atoms with E-state index in [1.165, 1.54) is 18.9 Å². The molecule has 0 aromatic heterocycles. The van der Waals surface area contributed by atoms with E-state index in [1.807, 2.05) is 0 Å². The summed E-state index contributed by atoms with van der Waals surface area (Å²) in [5, 5.41) is 8.84. The Bertz CT molecular complexity index is 130. The first kappa shape index (κ1) is 9.99. The highest BCUT2D eigenvalue weighted by Crippen LogP contribution is 1.96. The summed E-state index contributed by atoms with van der Waals surface area (Å²) in [5.74, 6) is 0. The number of nitrogens with zero attached hydrogens (tertiary/aromatic N) is 1. The van der Waals surface area contributed by atoms with Gasteiger partial charge in [0.05, 0.1) is 0 Å². The second-order valence-electron chi connectivity index (χ2n) is 1.96. The molecule has 0 radical (unpaired) electrons. The van der Waals surface area contributed by atoms with Gasteiger partial charge in [-0.3, -0.25) is 4.90 Å². The van der Waals surface area contributed by atoms with Crippen LogP contribution in [0, 0.1) is 0 Å². The normalized spacial score (nSPS) is 20.6. The highest BCUT2D eigenvalue weighted by Gasteiger charge is 2.18. The number of hydrogen-bond acceptors (Lipinski definition) is 4. The van der Waals surface area contributed by atoms with Crippen LogP contribution in [0.5, 0.6) is 0 Å². The molecule has 6 heteroatoms. The van der Waals surface area contributed by atoms with Crippen molar-refractivity contribution in [1.29, 1.82) is 0 Å². The zero-order valence-electron chi connectivity index (χ0n) is 5.89. The SMILES string of the molecule is CC(O)N(C)C(N)S(=O)O. The molecule has 5 nitrogen and oxygen atoms in total. The van der Waals surface area contributed by atoms with Crippen LogP contribution < -0.4 is 5.73 Å². The Labute approximate surface area is 62.1 Å². The van der Waals surface area contributed by atoms with Crippen LogP contribution in [-0.4, -0.2) is 37.5 Å². The zero-order valence-corrected chi connectivity index (χ0v) is 6.71. The van der Waals surface area contributed by atoms with Gasteiger partial charge in [0.1, 0.15) is 6.23 Å². The van der Waals surface area contributed by atoms with E-state index in [-0.39, 0.29) is 0 Å². The maximum Gasteiger partial charge on any atom is 0.186 e. The van der Waals surface area contributed by atoms with Crippen molar-refractivity contribution in [2.75, 3.05) is 7.05 Å². The van der Waals surface area contributed by atoms with Gasteiger partial charge in [0, 0.05) is 0 Å². The van der Waals surface area contributed by atoms with E-state index in [1.54, 1.807) is 0 Å². The molecule has 0 aromatic rings. The number of aliphatic hydroxyl groups is 1. The minimum absolute atomic E-state index is 0.814. The molecule has 0 aliphatic rings. The Morgan fingerprint density at radius 1 is 1.70 bits per heavy atom. The summed E-state index contributed by atoms with van der Waals surface area (Å²) >= 11 is -2.12. The first-order valence-electron chi connectivity index (χ1n) is 2.72. The molecule has 0 rings (SSSR count). The molecule has 0 saturated heterocycles. The van der Waals surface area contributed by atoms with Crippen LogP contribution in [0.1, 0.15) is 6.92 Å². The fraction of sp³-hybridized carbons (Fsp3) is 1.00. The van der Waals surface area contributed by atoms with Gasteiger partial charge in [0.25, 0.3) is 0 Å². The molecule has 0 spiro atoms. The van der Waals surface area contributed by atoms with Gasteiger partial charge in [0.2, 0.25) is 0 Å². The second-order valence-corrected chi connectivity index (χ2v) is 3.00. The lowest BCUT2D eigenvalue weighted by atomic mass is 10.6. The quantitative estimate of drug-likeness (QED) is 0.361. The van der Waals surface area contributed by atoms with Gasteiger partial charge < -0.3 is 15.4 Å². The molecule has 3 atom stereocenters. The highest BCUT2D eigenvalue weighted by atomic mass is 32.2. The smallest absolute Gasteiger partial charge is 0.186 e. The van der Waals surface area contributed by atoms with Crippen LogP contribution >= 0.6 is 0 Å². The third-order valence-corrected chi connectivity index (χ3v) is 1.94. The zero-order chi connectivity index (χ0) is 8.31. The third kappa shape index (κ3) is 2.72. The summed E-state index contributed by atoms with van der Waals surface area (Å²) in [6.07, 6.45) is -0.814. The summed E-state index contributed by atoms with van der Waals surface area (Å²) < 4.78 is 18.7. The van der Waals surface area contributed by atoms with Crippen molar-refractivity contribution in [1.82, 2.24) is 4.90 Å². The Morgan fingerprint density at radius 3 is 2.20 bits per heavy atom. The summed E-state index contributed by atoms with van der Waals surface area (Å²) in [6, 6.07) is 0. The maximum atomic E-state index is 10.3. The minimum Gasteiger partial charge on any atom is -0.379 e. The van der Waals surface area contributed by atoms with Gasteiger partial charge >= 0.3 is 0 Å². The van der Waals surface area contributed by atoms with Gasteiger partial charge in [-0.25, -0.2) is 4.21 Å². The summed E-state index contributed by atoms with van der Waals surface area (Å²) in [5.41, 5.74) is 4.15. The fourth-order valence-electron chi connectivity index (χ4n) is 0.355. The molecule has 10 heavy (non-hydrogen) atoms. The summed E-state index contributed by atoms with van der Waals surface area (Å²) in [6.45, 7) is 1.46. The first-order chi connectivity index (χ1) is 4.46. The van der Waals surface area contributed by atoms with E-state index >= 15 is 0 Å². The predicted molar refractivity (Wildman–Crippen MR) is 38.2 cm³/mol. The van der Waals surface area contributed by atoms with E-state index in [0.29, 0.717) is 0 Å². The maximum absolute atomic E-state index is 10.3. The highest BCUT2D eigenvalue weighted by molar-refractivity contribution is 7.79. The molecule has 0 aliphatic heterocycles. The standard InChI is InChI=1S/C4H12N2O3S/c1-3(7)6(2)4(5)10(8)9/h3-4,7H,5H2,1-2H3,(H,8,9). The molecule has 0 aliphatic carbocycles. The van der Waals surface area contributed by atoms with Crippen LogP contribution in [0.4, 0.5) is 0 Å². The number of hydrogen-bond donors (Lipinski definition) is 3. The van der Waals surface area contributed by atoms with Crippen molar-refractivity contribution in [3.8, 4) is 0 Å². The van der Waals surface area contributed by atoms with Gasteiger partial charge in [-0.15, -0.1) is 0 Å². The molecule has 0 bridgehead atoms. The fourth-order valence-corrected chi connectivity index (χ4v) is 0.815. The molecular weight excluding hydrogens is 156 g/mol. The lowest BCUT2D eigenvalue weighted by Crippen LogP contribution is -2.46. The summed E-state index contributed by atoms with van der Waals surface area (Å²) in [7, 11) is 1.46. The molecule has 0 aromatic carbocycles. The Morgan fingerprint density at radius 2 is 2.10 bits per heavy atom. The predicted octanol–water partition coefficient (Wildman–Crippen LogP) is -1.28. The van der Waals surface area contributed by atoms with Crippen molar-refractivity contribution in [2.24, 2.45) is 5.73 Å². The molecule has 4 N–H and O–H groups in total. The molecule has 0 saturated carbocycles. The van der Waals surface area contributed by atoms with Gasteiger partial charge in [-0.2, -0.15) is 0 Å². The average Bonchev–Trinajstić information content (AvgIpc) is 1.84. The van der Waals surface area contributed by atoms with Gasteiger partial charge in [0.15, 0.2) is 16.6 Å². The average molecular weight is 168 g/mol. The van der Waals surface area contributed by atoms with Crippen molar-refractivity contribution < 1.29 is 13.9 Å². The lowest BCUT2D eigenvalue weighted by molar-refractivity contribution is 0.0294. The van der Waals surface area contributed by atoms with Crippen LogP contribution in [0.3, 0.4) is 0 Å². The van der Waals surface area contributed by atoms with Crippen molar-refractivity contribution in [2.45, 2.75) is 18.6 Å². The largest absolute Gasteiger partial charge is 0.379 e. The van der Waals surface area contributed by atoms with Crippen molar-refractivity contribution >= 4 is 11.1 Å². The summed E-state index contributed by atoms with van der Waals surface area (Å²) in [4.78, 5) is 1.19. The molecule has 0 fully saturated rings. The number of rotatable bonds is 3. The molecule has 0 heterocycles. The van der Waals surface area contributed by atoms with E-state index < -0.39 is 22.8 Å². The molecule has 0 amide bonds. The van der Waals surface area contributed by atoms with E-state index in [9.17, 15) is 4.21 Å². The third-order valence-electron chi connectivity index (χ3n) is 1.20. The second kappa shape index (κ2) is 3.99. The van der Waals surface area contributed by atoms with E-state index in [2.05, 4.69) is 0 Å². The van der Waals surface area contributed by atoms with Crippen LogP contribution in [0.2, 0.25) is 0 Å². The minimum atomic E-state index is -2.12. The topological polar surface area (TPSA) is 86.8 Å². The van der Waals surface area contributed by atoms with Gasteiger partial charge in [-0.1, -0.05) is 0 Å². The van der Waals surface area contributed by atoms with Gasteiger partial charge in [-0.05, 0) is 14.0 Å². The lowest BCUT2D eigenvalue weighted by Gasteiger charge is -2.23. The Kier molecular flexibility index (Phi) is 3.99. The number of nitrogens with two attached hydrogens (primary N) is 1. The Hall–Kier alpha value is -0.0100. The van der Waals surface area contributed by atoms with E-state index in [0.717, 1.165) is 0 Å². The van der Waals surface area contributed by atoms with Crippen LogP contribution in [0.25, 0.3) is 0 Å². The van der Waals surface area contributed by atoms with Crippen LogP contribution in [-0.2, 0) is 11.1 Å². The van der Waals surface area contributed by atoms with E-state index in [4.69, 9.17) is 15.4 Å². The van der Waals surface area contributed by atoms with Crippen LogP contribution in [0.15, 0.2) is 0 Å². The van der Waals surface area contributed by atoms with Crippen molar-refractivity contribution in [3.05, 3.63) is 0 Å². The number of aliphatic hydroxyl groups excluding tert-OH is 1. The molecule has 62 valence electrons.